The van der Waals surface area contributed by atoms with Gasteiger partial charge in [0.2, 0.25) is 0 Å². The van der Waals surface area contributed by atoms with Crippen LogP contribution in [0.5, 0.6) is 0 Å². The van der Waals surface area contributed by atoms with Gasteiger partial charge in [0.05, 0.1) is 0 Å². The Balaban J connectivity index is 2.17. The Morgan fingerprint density at radius 3 is 1.63 bits per heavy atom. The van der Waals surface area contributed by atoms with Gasteiger partial charge in [-0.3, -0.25) is 0 Å². The van der Waals surface area contributed by atoms with Gasteiger partial charge in [-0.15, -0.1) is 0 Å². The van der Waals surface area contributed by atoms with Crippen LogP contribution in [0.25, 0.3) is 12.2 Å². The minimum atomic E-state index is 0.395. The van der Waals surface area contributed by atoms with E-state index in [0.717, 1.165) is 48.8 Å². The van der Waals surface area contributed by atoms with Crippen molar-refractivity contribution in [3.8, 4) is 0 Å². The summed E-state index contributed by atoms with van der Waals surface area (Å²) in [4.78, 5) is 0. The van der Waals surface area contributed by atoms with E-state index in [1.54, 1.807) is 0 Å². The van der Waals surface area contributed by atoms with Crippen LogP contribution in [-0.2, 0) is 12.8 Å². The molecule has 2 aromatic rings. The maximum atomic E-state index is 10.9. The second-order valence-electron chi connectivity index (χ2n) is 8.35. The maximum Gasteiger partial charge on any atom is 0.119 e. The number of aliphatic hydroxyl groups is 1. The molecule has 0 bridgehead atoms. The Morgan fingerprint density at radius 1 is 0.633 bits per heavy atom. The molecular formula is C29H40O. The smallest absolute Gasteiger partial charge is 0.119 e. The van der Waals surface area contributed by atoms with Crippen molar-refractivity contribution in [3.05, 3.63) is 82.1 Å². The fourth-order valence-electron chi connectivity index (χ4n) is 3.78. The van der Waals surface area contributed by atoms with Crippen LogP contribution in [0.1, 0.15) is 94.4 Å². The molecule has 2 aromatic carbocycles. The molecule has 1 heteroatoms. The van der Waals surface area contributed by atoms with Crippen molar-refractivity contribution < 1.29 is 5.11 Å². The van der Waals surface area contributed by atoms with E-state index in [1.165, 1.54) is 43.2 Å². The van der Waals surface area contributed by atoms with Gasteiger partial charge in [0.1, 0.15) is 5.76 Å². The molecule has 0 aliphatic carbocycles. The number of aliphatic hydroxyl groups excluding tert-OH is 1. The highest BCUT2D eigenvalue weighted by atomic mass is 16.3. The summed E-state index contributed by atoms with van der Waals surface area (Å²) in [6.45, 7) is 6.65. The molecule has 0 atom stereocenters. The summed E-state index contributed by atoms with van der Waals surface area (Å²) in [5, 5.41) is 10.9. The van der Waals surface area contributed by atoms with Gasteiger partial charge in [-0.05, 0) is 65.7 Å². The zero-order valence-corrected chi connectivity index (χ0v) is 19.3. The van der Waals surface area contributed by atoms with Crippen LogP contribution in [0, 0.1) is 0 Å². The fraction of sp³-hybridized carbons (Fsp3) is 0.448. The van der Waals surface area contributed by atoms with Crippen LogP contribution in [0.3, 0.4) is 0 Å². The van der Waals surface area contributed by atoms with E-state index >= 15 is 0 Å². The summed E-state index contributed by atoms with van der Waals surface area (Å²) in [5.41, 5.74) is 5.99. The first-order valence-electron chi connectivity index (χ1n) is 12.0. The molecular weight excluding hydrogens is 364 g/mol. The van der Waals surface area contributed by atoms with E-state index in [9.17, 15) is 5.11 Å². The first-order chi connectivity index (χ1) is 14.7. The Labute approximate surface area is 184 Å². The van der Waals surface area contributed by atoms with Crippen LogP contribution in [-0.4, -0.2) is 5.11 Å². The molecule has 0 spiro atoms. The number of hydrogen-bond donors (Lipinski definition) is 1. The molecule has 0 aliphatic rings. The molecule has 0 unspecified atom stereocenters. The maximum absolute atomic E-state index is 10.9. The van der Waals surface area contributed by atoms with Crippen LogP contribution >= 0.6 is 0 Å². The van der Waals surface area contributed by atoms with Crippen LogP contribution in [0.4, 0.5) is 0 Å². The lowest BCUT2D eigenvalue weighted by Gasteiger charge is -2.09. The highest BCUT2D eigenvalue weighted by Crippen LogP contribution is 2.23. The molecule has 0 aromatic heterocycles. The summed E-state index contributed by atoms with van der Waals surface area (Å²) < 4.78 is 0. The molecule has 2 rings (SSSR count). The molecule has 0 radical (unpaired) electrons. The number of aryl methyl sites for hydroxylation is 2. The summed E-state index contributed by atoms with van der Waals surface area (Å²) in [6, 6.07) is 17.3. The largest absolute Gasteiger partial charge is 0.508 e. The highest BCUT2D eigenvalue weighted by Gasteiger charge is 2.06. The van der Waals surface area contributed by atoms with Gasteiger partial charge in [0, 0.05) is 0 Å². The van der Waals surface area contributed by atoms with Gasteiger partial charge in [-0.1, -0.05) is 108 Å². The third-order valence-corrected chi connectivity index (χ3v) is 5.56. The topological polar surface area (TPSA) is 20.2 Å². The lowest BCUT2D eigenvalue weighted by Crippen LogP contribution is -1.92. The predicted molar refractivity (Wildman–Crippen MR) is 133 cm³/mol. The van der Waals surface area contributed by atoms with E-state index in [4.69, 9.17) is 0 Å². The normalized spacial score (nSPS) is 12.4. The Hall–Kier alpha value is -2.28. The molecule has 162 valence electrons. The monoisotopic (exact) mass is 404 g/mol. The SMILES string of the molecule is CCCCCCCC(=Cc1ccc(CCC)cc1)C(O)=Cc1ccc(CCC)cc1. The van der Waals surface area contributed by atoms with Crippen molar-refractivity contribution in [2.75, 3.05) is 0 Å². The van der Waals surface area contributed by atoms with Gasteiger partial charge in [-0.2, -0.15) is 0 Å². The second kappa shape index (κ2) is 13.9. The molecule has 0 saturated heterocycles. The summed E-state index contributed by atoms with van der Waals surface area (Å²) >= 11 is 0. The van der Waals surface area contributed by atoms with Gasteiger partial charge in [0.15, 0.2) is 0 Å². The minimum absolute atomic E-state index is 0.395. The standard InChI is InChI=1S/C29H40O/c1-4-7-8-9-10-13-28(22-26-18-14-24(11-5-2)15-19-26)29(30)23-27-20-16-25(12-6-3)17-21-27/h14-23,30H,4-13H2,1-3H3. The average molecular weight is 405 g/mol. The third-order valence-electron chi connectivity index (χ3n) is 5.56. The van der Waals surface area contributed by atoms with E-state index < -0.39 is 0 Å². The average Bonchev–Trinajstić information content (AvgIpc) is 2.75. The Bertz CT molecular complexity index is 778. The molecule has 30 heavy (non-hydrogen) atoms. The third kappa shape index (κ3) is 8.61. The minimum Gasteiger partial charge on any atom is -0.508 e. The zero-order valence-electron chi connectivity index (χ0n) is 19.3. The van der Waals surface area contributed by atoms with Crippen molar-refractivity contribution in [1.82, 2.24) is 0 Å². The zero-order chi connectivity index (χ0) is 21.6. The van der Waals surface area contributed by atoms with E-state index in [1.807, 2.05) is 6.08 Å². The molecule has 0 amide bonds. The summed E-state index contributed by atoms with van der Waals surface area (Å²) in [5.74, 6) is 0.395. The van der Waals surface area contributed by atoms with Crippen molar-refractivity contribution >= 4 is 12.2 Å². The lowest BCUT2D eigenvalue weighted by molar-refractivity contribution is 0.423. The van der Waals surface area contributed by atoms with Crippen molar-refractivity contribution in [2.45, 2.75) is 85.0 Å². The van der Waals surface area contributed by atoms with Crippen molar-refractivity contribution in [2.24, 2.45) is 0 Å². The summed E-state index contributed by atoms with van der Waals surface area (Å²) in [6.07, 6.45) is 15.7. The quantitative estimate of drug-likeness (QED) is 0.201. The number of hydrogen-bond acceptors (Lipinski definition) is 1. The summed E-state index contributed by atoms with van der Waals surface area (Å²) in [7, 11) is 0. The van der Waals surface area contributed by atoms with E-state index in [2.05, 4.69) is 75.4 Å². The van der Waals surface area contributed by atoms with Gasteiger partial charge in [-0.25, -0.2) is 0 Å². The Morgan fingerprint density at radius 2 is 1.13 bits per heavy atom. The molecule has 0 aliphatic heterocycles. The predicted octanol–water partition coefficient (Wildman–Crippen LogP) is 8.93. The number of allylic oxidation sites excluding steroid dienone is 1. The van der Waals surface area contributed by atoms with Gasteiger partial charge >= 0.3 is 0 Å². The van der Waals surface area contributed by atoms with E-state index in [-0.39, 0.29) is 0 Å². The molecule has 1 N–H and O–H groups in total. The Kier molecular flexibility index (Phi) is 11.1. The number of unbranched alkanes of at least 4 members (excludes halogenated alkanes) is 4. The molecule has 0 fully saturated rings. The molecule has 0 saturated carbocycles. The second-order valence-corrected chi connectivity index (χ2v) is 8.35. The highest BCUT2D eigenvalue weighted by molar-refractivity contribution is 5.64. The number of rotatable bonds is 13. The molecule has 1 nitrogen and oxygen atoms in total. The first-order valence-corrected chi connectivity index (χ1v) is 12.0. The number of benzene rings is 2. The molecule has 0 heterocycles. The van der Waals surface area contributed by atoms with Crippen LogP contribution in [0.2, 0.25) is 0 Å². The lowest BCUT2D eigenvalue weighted by atomic mass is 9.99. The fourth-order valence-corrected chi connectivity index (χ4v) is 3.78. The van der Waals surface area contributed by atoms with E-state index in [0.29, 0.717) is 5.76 Å². The van der Waals surface area contributed by atoms with Crippen molar-refractivity contribution in [1.29, 1.82) is 0 Å². The van der Waals surface area contributed by atoms with Crippen LogP contribution < -0.4 is 0 Å². The van der Waals surface area contributed by atoms with Gasteiger partial charge < -0.3 is 5.11 Å². The first kappa shape index (κ1) is 24.0. The van der Waals surface area contributed by atoms with Crippen molar-refractivity contribution in [3.63, 3.8) is 0 Å². The van der Waals surface area contributed by atoms with Gasteiger partial charge in [0.25, 0.3) is 0 Å². The van der Waals surface area contributed by atoms with Crippen LogP contribution in [0.15, 0.2) is 59.9 Å².